The van der Waals surface area contributed by atoms with Gasteiger partial charge >= 0.3 is 11.9 Å². The van der Waals surface area contributed by atoms with Gasteiger partial charge in [0.2, 0.25) is 0 Å². The molecule has 4 nitrogen and oxygen atoms in total. The van der Waals surface area contributed by atoms with Gasteiger partial charge in [0.05, 0.1) is 19.8 Å². The molecule has 0 unspecified atom stereocenters. The Morgan fingerprint density at radius 2 is 1.74 bits per heavy atom. The molecule has 0 saturated heterocycles. The van der Waals surface area contributed by atoms with Crippen LogP contribution in [0.15, 0.2) is 0 Å². The number of hydrogen-bond donors (Lipinski definition) is 0. The van der Waals surface area contributed by atoms with Crippen molar-refractivity contribution in [3.05, 3.63) is 15.7 Å². The van der Waals surface area contributed by atoms with Crippen molar-refractivity contribution < 1.29 is 19.1 Å². The summed E-state index contributed by atoms with van der Waals surface area (Å²) in [6.45, 7) is 0. The third-order valence-corrected chi connectivity index (χ3v) is 6.29. The monoisotopic (exact) mass is 300 g/mol. The Morgan fingerprint density at radius 3 is 2.32 bits per heavy atom. The highest BCUT2D eigenvalue weighted by Crippen LogP contribution is 2.43. The predicted octanol–water partition coefficient (Wildman–Crippen LogP) is 3.95. The largest absolute Gasteiger partial charge is 0.465 e. The zero-order chi connectivity index (χ0) is 13.8. The highest BCUT2D eigenvalue weighted by atomic mass is 32.5. The molecule has 1 fully saturated rings. The van der Waals surface area contributed by atoms with Gasteiger partial charge < -0.3 is 9.47 Å². The maximum absolute atomic E-state index is 12.0. The first kappa shape index (κ1) is 14.5. The van der Waals surface area contributed by atoms with Gasteiger partial charge in [0, 0.05) is 12.2 Å². The lowest BCUT2D eigenvalue weighted by Crippen LogP contribution is -2.13. The van der Waals surface area contributed by atoms with Crippen LogP contribution in [0.1, 0.15) is 63.3 Å². The highest BCUT2D eigenvalue weighted by Gasteiger charge is 2.30. The van der Waals surface area contributed by atoms with Crippen molar-refractivity contribution >= 4 is 30.3 Å². The molecule has 6 heteroatoms. The molecule has 1 aliphatic rings. The van der Waals surface area contributed by atoms with Gasteiger partial charge in [-0.15, -0.1) is 10.9 Å². The minimum atomic E-state index is -0.430. The minimum absolute atomic E-state index is 0.391. The van der Waals surface area contributed by atoms with Gasteiger partial charge in [-0.25, -0.2) is 9.59 Å². The van der Waals surface area contributed by atoms with E-state index in [4.69, 9.17) is 9.47 Å². The van der Waals surface area contributed by atoms with Gasteiger partial charge in [-0.05, 0) is 18.8 Å². The molecule has 0 amide bonds. The highest BCUT2D eigenvalue weighted by molar-refractivity contribution is 7.81. The molecule has 1 heterocycles. The number of ether oxygens (including phenoxy) is 2. The summed E-state index contributed by atoms with van der Waals surface area (Å²) in [5, 5.41) is 0.430. The van der Waals surface area contributed by atoms with E-state index in [2.05, 4.69) is 0 Å². The molecule has 1 aromatic rings. The number of carbonyl (C=O) groups excluding carboxylic acids is 2. The molecule has 2 rings (SSSR count). The van der Waals surface area contributed by atoms with E-state index in [1.807, 2.05) is 0 Å². The molecule has 0 aliphatic heterocycles. The zero-order valence-electron chi connectivity index (χ0n) is 11.1. The van der Waals surface area contributed by atoms with Gasteiger partial charge in [0.1, 0.15) is 5.30 Å². The molecule has 19 heavy (non-hydrogen) atoms. The molecule has 104 valence electrons. The second-order valence-electron chi connectivity index (χ2n) is 4.59. The van der Waals surface area contributed by atoms with Crippen LogP contribution in [0.5, 0.6) is 0 Å². The number of methoxy groups -OCH3 is 2. The third-order valence-electron chi connectivity index (χ3n) is 3.46. The lowest BCUT2D eigenvalue weighted by Gasteiger charge is -2.21. The second-order valence-corrected chi connectivity index (χ2v) is 6.94. The molecule has 0 aromatic carbocycles. The molecular formula is C13H17O4PS. The summed E-state index contributed by atoms with van der Waals surface area (Å²) in [4.78, 5) is 24.7. The summed E-state index contributed by atoms with van der Waals surface area (Å²) in [6, 6.07) is 0. The van der Waals surface area contributed by atoms with Crippen LogP contribution in [0.2, 0.25) is 0 Å². The maximum atomic E-state index is 12.0. The molecule has 1 aromatic heterocycles. The fraction of sp³-hybridized carbons (Fsp3) is 0.615. The molecular weight excluding hydrogens is 283 g/mol. The van der Waals surface area contributed by atoms with Crippen LogP contribution in [0, 0.1) is 0 Å². The second kappa shape index (κ2) is 6.49. The van der Waals surface area contributed by atoms with Crippen molar-refractivity contribution in [1.29, 1.82) is 0 Å². The number of rotatable bonds is 3. The van der Waals surface area contributed by atoms with Gasteiger partial charge in [0.25, 0.3) is 0 Å². The summed E-state index contributed by atoms with van der Waals surface area (Å²) in [7, 11) is 5.03. The number of hydrogen-bond acceptors (Lipinski definition) is 5. The molecule has 0 spiro atoms. The normalized spacial score (nSPS) is 16.5. The van der Waals surface area contributed by atoms with Crippen molar-refractivity contribution in [2.75, 3.05) is 14.2 Å². The molecule has 1 aliphatic carbocycles. The van der Waals surface area contributed by atoms with Crippen LogP contribution in [-0.2, 0) is 9.47 Å². The topological polar surface area (TPSA) is 52.6 Å². The summed E-state index contributed by atoms with van der Waals surface area (Å²) in [5.41, 5.74) is 0.452. The number of esters is 2. The van der Waals surface area contributed by atoms with E-state index in [9.17, 15) is 9.59 Å². The van der Waals surface area contributed by atoms with Crippen LogP contribution < -0.4 is 0 Å². The van der Waals surface area contributed by atoms with Crippen LogP contribution in [0.25, 0.3) is 0 Å². The fourth-order valence-corrected chi connectivity index (χ4v) is 5.66. The van der Waals surface area contributed by atoms with Crippen LogP contribution in [0.3, 0.4) is 0 Å². The van der Waals surface area contributed by atoms with E-state index < -0.39 is 11.9 Å². The van der Waals surface area contributed by atoms with Crippen LogP contribution in [-0.4, -0.2) is 26.2 Å². The lowest BCUT2D eigenvalue weighted by atomic mass is 9.86. The zero-order valence-corrected chi connectivity index (χ0v) is 12.8. The van der Waals surface area contributed by atoms with Crippen LogP contribution in [0.4, 0.5) is 0 Å². The van der Waals surface area contributed by atoms with E-state index >= 15 is 0 Å². The molecule has 0 N–H and O–H groups in total. The first-order valence-corrected chi connectivity index (χ1v) is 8.66. The van der Waals surface area contributed by atoms with Gasteiger partial charge in [0.15, 0.2) is 0 Å². The van der Waals surface area contributed by atoms with E-state index in [1.165, 1.54) is 33.5 Å². The van der Waals surface area contributed by atoms with Crippen molar-refractivity contribution in [2.24, 2.45) is 0 Å². The molecule has 0 atom stereocenters. The Kier molecular flexibility index (Phi) is 4.94. The van der Waals surface area contributed by atoms with Crippen molar-refractivity contribution in [1.82, 2.24) is 0 Å². The van der Waals surface area contributed by atoms with Gasteiger partial charge in [-0.3, -0.25) is 0 Å². The average molecular weight is 300 g/mol. The Balaban J connectivity index is 2.39. The standard InChI is InChI=1S/C13H17O4PS/c1-16-12(14)9-10(13(15)17-2)18-19-11(9)8-6-4-3-5-7-8/h8H,3-7H2,1-2H3. The van der Waals surface area contributed by atoms with E-state index in [1.54, 1.807) is 10.9 Å². The smallest absolute Gasteiger partial charge is 0.344 e. The Morgan fingerprint density at radius 1 is 1.11 bits per heavy atom. The Hall–Kier alpha value is -0.930. The van der Waals surface area contributed by atoms with Crippen molar-refractivity contribution in [3.8, 4) is 0 Å². The quantitative estimate of drug-likeness (QED) is 0.793. The van der Waals surface area contributed by atoms with E-state index in [0.29, 0.717) is 16.8 Å². The first-order chi connectivity index (χ1) is 9.19. The molecule has 0 radical (unpaired) electrons. The summed E-state index contributed by atoms with van der Waals surface area (Å²) in [5.74, 6) is -0.457. The minimum Gasteiger partial charge on any atom is -0.465 e. The lowest BCUT2D eigenvalue weighted by molar-refractivity contribution is 0.0559. The first-order valence-electron chi connectivity index (χ1n) is 6.35. The average Bonchev–Trinajstić information content (AvgIpc) is 2.91. The van der Waals surface area contributed by atoms with Gasteiger partial charge in [-0.1, -0.05) is 19.3 Å². The maximum Gasteiger partial charge on any atom is 0.344 e. The Labute approximate surface area is 118 Å². The summed E-state index contributed by atoms with van der Waals surface area (Å²) >= 11 is 0. The molecule has 1 saturated carbocycles. The van der Waals surface area contributed by atoms with Crippen molar-refractivity contribution in [3.63, 3.8) is 0 Å². The van der Waals surface area contributed by atoms with Crippen LogP contribution >= 0.6 is 18.3 Å². The summed E-state index contributed by atoms with van der Waals surface area (Å²) < 4.78 is 9.59. The third kappa shape index (κ3) is 2.98. The fourth-order valence-electron chi connectivity index (χ4n) is 2.48. The SMILES string of the molecule is COC(=O)c1psc(C2CCCCC2)c1C(=O)OC. The molecule has 0 bridgehead atoms. The number of carbonyl (C=O) groups is 2. The Bertz CT molecular complexity index is 477. The predicted molar refractivity (Wildman–Crippen MR) is 75.3 cm³/mol. The van der Waals surface area contributed by atoms with E-state index in [-0.39, 0.29) is 0 Å². The van der Waals surface area contributed by atoms with E-state index in [0.717, 1.165) is 25.1 Å². The summed E-state index contributed by atoms with van der Waals surface area (Å²) in [6.07, 6.45) is 5.81. The van der Waals surface area contributed by atoms with Gasteiger partial charge in [-0.2, -0.15) is 0 Å². The van der Waals surface area contributed by atoms with Crippen molar-refractivity contribution in [2.45, 2.75) is 38.0 Å².